The number of phenolic OH excluding ortho intramolecular Hbond substituents is 1. The summed E-state index contributed by atoms with van der Waals surface area (Å²) in [5.41, 5.74) is 1.02. The predicted octanol–water partition coefficient (Wildman–Crippen LogP) is 2.14. The summed E-state index contributed by atoms with van der Waals surface area (Å²) in [5, 5.41) is 25.3. The number of imide groups is 1. The minimum absolute atomic E-state index is 0.140. The molecule has 0 spiro atoms. The summed E-state index contributed by atoms with van der Waals surface area (Å²) < 4.78 is 0. The fraction of sp³-hybridized carbons (Fsp3) is 0.105. The van der Waals surface area contributed by atoms with E-state index in [2.05, 4.69) is 10.6 Å². The number of carbonyl (C=O) groups is 3. The Labute approximate surface area is 164 Å². The first-order valence-electron chi connectivity index (χ1n) is 8.43. The summed E-state index contributed by atoms with van der Waals surface area (Å²) in [5.74, 6) is -1.82. The molecule has 0 bridgehead atoms. The molecule has 0 radical (unpaired) electrons. The molecule has 4 amide bonds. The summed E-state index contributed by atoms with van der Waals surface area (Å²) in [6, 6.07) is 9.78. The average molecular weight is 396 g/mol. The zero-order valence-corrected chi connectivity index (χ0v) is 15.2. The number of aryl methyl sites for hydroxylation is 1. The van der Waals surface area contributed by atoms with E-state index in [-0.39, 0.29) is 11.3 Å². The lowest BCUT2D eigenvalue weighted by Gasteiger charge is -2.12. The molecule has 0 atom stereocenters. The zero-order valence-electron chi connectivity index (χ0n) is 15.2. The van der Waals surface area contributed by atoms with Gasteiger partial charge in [0.05, 0.1) is 4.92 Å². The molecule has 1 aliphatic heterocycles. The van der Waals surface area contributed by atoms with E-state index in [0.717, 1.165) is 22.6 Å². The third-order valence-electron chi connectivity index (χ3n) is 4.07. The van der Waals surface area contributed by atoms with E-state index in [9.17, 15) is 29.6 Å². The maximum atomic E-state index is 12.5. The minimum atomic E-state index is -0.783. The van der Waals surface area contributed by atoms with Gasteiger partial charge in [0, 0.05) is 11.8 Å². The van der Waals surface area contributed by atoms with E-state index < -0.39 is 40.8 Å². The Morgan fingerprint density at radius 3 is 2.72 bits per heavy atom. The maximum Gasteiger partial charge on any atom is 0.329 e. The van der Waals surface area contributed by atoms with Crippen molar-refractivity contribution in [2.75, 3.05) is 11.9 Å². The van der Waals surface area contributed by atoms with Crippen LogP contribution >= 0.6 is 0 Å². The van der Waals surface area contributed by atoms with Crippen molar-refractivity contribution in [3.05, 3.63) is 69.4 Å². The molecule has 148 valence electrons. The Kier molecular flexibility index (Phi) is 5.26. The molecule has 2 aromatic carbocycles. The number of nitro benzene ring substituents is 1. The quantitative estimate of drug-likeness (QED) is 0.306. The average Bonchev–Trinajstić information content (AvgIpc) is 2.90. The second-order valence-electron chi connectivity index (χ2n) is 6.30. The van der Waals surface area contributed by atoms with Crippen LogP contribution in [0, 0.1) is 17.0 Å². The zero-order chi connectivity index (χ0) is 21.1. The summed E-state index contributed by atoms with van der Waals surface area (Å²) in [6.07, 6.45) is 1.23. The summed E-state index contributed by atoms with van der Waals surface area (Å²) in [6.45, 7) is 1.36. The van der Waals surface area contributed by atoms with Gasteiger partial charge in [0.2, 0.25) is 5.91 Å². The molecular formula is C19H16N4O6. The number of nitrogens with one attached hydrogen (secondary N) is 2. The number of nitrogens with zero attached hydrogens (tertiary/aromatic N) is 2. The van der Waals surface area contributed by atoms with Crippen molar-refractivity contribution in [1.29, 1.82) is 0 Å². The van der Waals surface area contributed by atoms with Gasteiger partial charge in [0.15, 0.2) is 5.75 Å². The molecule has 3 rings (SSSR count). The van der Waals surface area contributed by atoms with Crippen LogP contribution in [-0.2, 0) is 9.59 Å². The number of nitro groups is 1. The highest BCUT2D eigenvalue weighted by molar-refractivity contribution is 6.16. The molecule has 0 aliphatic carbocycles. The van der Waals surface area contributed by atoms with E-state index in [1.165, 1.54) is 12.1 Å². The van der Waals surface area contributed by atoms with Crippen LogP contribution in [0.4, 0.5) is 16.2 Å². The third-order valence-corrected chi connectivity index (χ3v) is 4.07. The van der Waals surface area contributed by atoms with Gasteiger partial charge in [-0.1, -0.05) is 18.2 Å². The standard InChI is InChI=1S/C19H16N4O6/c1-11-3-2-4-13(7-11)20-17(25)10-22-18(26)14(21-19(22)27)8-12-5-6-16(24)15(9-12)23(28)29/h2-9,24H,10H2,1H3,(H,20,25)(H,21,27). The van der Waals surface area contributed by atoms with Crippen molar-refractivity contribution in [1.82, 2.24) is 10.2 Å². The van der Waals surface area contributed by atoms with Gasteiger partial charge in [-0.15, -0.1) is 0 Å². The van der Waals surface area contributed by atoms with Crippen LogP contribution in [0.15, 0.2) is 48.2 Å². The molecule has 10 heteroatoms. The molecule has 1 heterocycles. The smallest absolute Gasteiger partial charge is 0.329 e. The number of rotatable bonds is 5. The number of urea groups is 1. The van der Waals surface area contributed by atoms with E-state index in [1.807, 2.05) is 13.0 Å². The van der Waals surface area contributed by atoms with Crippen molar-refractivity contribution in [2.45, 2.75) is 6.92 Å². The second kappa shape index (κ2) is 7.80. The first-order chi connectivity index (χ1) is 13.7. The van der Waals surface area contributed by atoms with Crippen LogP contribution in [0.1, 0.15) is 11.1 Å². The molecule has 0 unspecified atom stereocenters. The predicted molar refractivity (Wildman–Crippen MR) is 103 cm³/mol. The molecule has 29 heavy (non-hydrogen) atoms. The summed E-state index contributed by atoms with van der Waals surface area (Å²) in [4.78, 5) is 47.6. The van der Waals surface area contributed by atoms with Gasteiger partial charge in [-0.05, 0) is 42.3 Å². The molecule has 10 nitrogen and oxygen atoms in total. The van der Waals surface area contributed by atoms with Crippen LogP contribution in [0.5, 0.6) is 5.75 Å². The molecular weight excluding hydrogens is 380 g/mol. The van der Waals surface area contributed by atoms with Gasteiger partial charge >= 0.3 is 11.7 Å². The largest absolute Gasteiger partial charge is 0.502 e. The van der Waals surface area contributed by atoms with Crippen LogP contribution in [0.25, 0.3) is 6.08 Å². The third kappa shape index (κ3) is 4.38. The van der Waals surface area contributed by atoms with Crippen LogP contribution in [-0.4, -0.2) is 39.3 Å². The highest BCUT2D eigenvalue weighted by Gasteiger charge is 2.35. The van der Waals surface area contributed by atoms with E-state index in [4.69, 9.17) is 0 Å². The number of benzene rings is 2. The van der Waals surface area contributed by atoms with Gasteiger partial charge in [-0.25, -0.2) is 9.69 Å². The Morgan fingerprint density at radius 1 is 1.28 bits per heavy atom. The van der Waals surface area contributed by atoms with Gasteiger partial charge in [-0.3, -0.25) is 19.7 Å². The molecule has 1 saturated heterocycles. The van der Waals surface area contributed by atoms with Crippen molar-refractivity contribution >= 4 is 35.3 Å². The van der Waals surface area contributed by atoms with Gasteiger partial charge in [0.1, 0.15) is 12.2 Å². The molecule has 1 aliphatic rings. The number of hydrogen-bond donors (Lipinski definition) is 3. The number of phenols is 1. The molecule has 2 aromatic rings. The lowest BCUT2D eigenvalue weighted by Crippen LogP contribution is -2.38. The second-order valence-corrected chi connectivity index (χ2v) is 6.30. The SMILES string of the molecule is Cc1cccc(NC(=O)CN2C(=O)NC(=Cc3ccc(O)c([N+](=O)[O-])c3)C2=O)c1. The summed E-state index contributed by atoms with van der Waals surface area (Å²) >= 11 is 0. The van der Waals surface area contributed by atoms with Crippen molar-refractivity contribution in [3.63, 3.8) is 0 Å². The Bertz CT molecular complexity index is 1060. The molecule has 3 N–H and O–H groups in total. The number of hydrogen-bond acceptors (Lipinski definition) is 6. The fourth-order valence-corrected chi connectivity index (χ4v) is 2.73. The van der Waals surface area contributed by atoms with E-state index >= 15 is 0 Å². The Hall–Kier alpha value is -4.21. The number of aromatic hydroxyl groups is 1. The van der Waals surface area contributed by atoms with Crippen LogP contribution in [0.2, 0.25) is 0 Å². The highest BCUT2D eigenvalue weighted by Crippen LogP contribution is 2.27. The van der Waals surface area contributed by atoms with Crippen molar-refractivity contribution in [2.24, 2.45) is 0 Å². The van der Waals surface area contributed by atoms with Crippen molar-refractivity contribution < 1.29 is 24.4 Å². The number of amides is 4. The fourth-order valence-electron chi connectivity index (χ4n) is 2.73. The lowest BCUT2D eigenvalue weighted by atomic mass is 10.1. The molecule has 0 aromatic heterocycles. The number of carbonyl (C=O) groups excluding carboxylic acids is 3. The van der Waals surface area contributed by atoms with Gasteiger partial charge in [0.25, 0.3) is 5.91 Å². The van der Waals surface area contributed by atoms with Gasteiger partial charge in [-0.2, -0.15) is 0 Å². The highest BCUT2D eigenvalue weighted by atomic mass is 16.6. The molecule has 0 saturated carbocycles. The van der Waals surface area contributed by atoms with E-state index in [1.54, 1.807) is 18.2 Å². The molecule has 1 fully saturated rings. The number of anilines is 1. The Morgan fingerprint density at radius 2 is 2.03 bits per heavy atom. The Balaban J connectivity index is 1.74. The monoisotopic (exact) mass is 396 g/mol. The van der Waals surface area contributed by atoms with Crippen LogP contribution in [0.3, 0.4) is 0 Å². The lowest BCUT2D eigenvalue weighted by molar-refractivity contribution is -0.385. The summed E-state index contributed by atoms with van der Waals surface area (Å²) in [7, 11) is 0. The normalized spacial score (nSPS) is 14.8. The van der Waals surface area contributed by atoms with Crippen LogP contribution < -0.4 is 10.6 Å². The topological polar surface area (TPSA) is 142 Å². The van der Waals surface area contributed by atoms with E-state index in [0.29, 0.717) is 5.69 Å². The van der Waals surface area contributed by atoms with Crippen molar-refractivity contribution in [3.8, 4) is 5.75 Å². The first-order valence-corrected chi connectivity index (χ1v) is 8.43. The maximum absolute atomic E-state index is 12.5. The van der Waals surface area contributed by atoms with Gasteiger partial charge < -0.3 is 15.7 Å². The first kappa shape index (κ1) is 19.5. The minimum Gasteiger partial charge on any atom is -0.502 e.